The molecule has 144 valence electrons. The van der Waals surface area contributed by atoms with Gasteiger partial charge in [-0.15, -0.1) is 0 Å². The molecule has 0 aromatic heterocycles. The van der Waals surface area contributed by atoms with E-state index in [1.54, 1.807) is 7.11 Å². The minimum atomic E-state index is -0.0366. The number of anilines is 2. The van der Waals surface area contributed by atoms with Crippen molar-refractivity contribution in [2.45, 2.75) is 6.42 Å². The van der Waals surface area contributed by atoms with Crippen molar-refractivity contribution in [3.8, 4) is 5.75 Å². The molecule has 27 heavy (non-hydrogen) atoms. The van der Waals surface area contributed by atoms with Crippen LogP contribution in [0.5, 0.6) is 5.75 Å². The molecule has 1 amide bonds. The molecule has 1 aliphatic heterocycles. The Bertz CT molecular complexity index is 728. The lowest BCUT2D eigenvalue weighted by Crippen LogP contribution is -2.37. The minimum absolute atomic E-state index is 0.0366. The molecule has 0 radical (unpaired) electrons. The molecule has 2 N–H and O–H groups in total. The van der Waals surface area contributed by atoms with E-state index in [2.05, 4.69) is 15.5 Å². The Balaban J connectivity index is 1.45. The van der Waals surface area contributed by atoms with E-state index in [1.165, 1.54) is 5.56 Å². The summed E-state index contributed by atoms with van der Waals surface area (Å²) >= 11 is 0. The van der Waals surface area contributed by atoms with Crippen LogP contribution in [-0.4, -0.2) is 52.4 Å². The Morgan fingerprint density at radius 3 is 2.59 bits per heavy atom. The summed E-state index contributed by atoms with van der Waals surface area (Å²) in [6.07, 6.45) is 0.863. The Kier molecular flexibility index (Phi) is 7.07. The molecule has 0 spiro atoms. The molecule has 0 atom stereocenters. The monoisotopic (exact) mass is 369 g/mol. The summed E-state index contributed by atoms with van der Waals surface area (Å²) in [6.45, 7) is 4.14. The molecular weight excluding hydrogens is 342 g/mol. The Labute approximate surface area is 160 Å². The van der Waals surface area contributed by atoms with Crippen LogP contribution in [0.2, 0.25) is 0 Å². The summed E-state index contributed by atoms with van der Waals surface area (Å²) in [5.74, 6) is 0.815. The fourth-order valence-electron chi connectivity index (χ4n) is 3.08. The van der Waals surface area contributed by atoms with Gasteiger partial charge in [-0.05, 0) is 42.8 Å². The van der Waals surface area contributed by atoms with E-state index in [-0.39, 0.29) is 12.5 Å². The Morgan fingerprint density at radius 2 is 1.85 bits per heavy atom. The van der Waals surface area contributed by atoms with Gasteiger partial charge in [0.15, 0.2) is 0 Å². The molecule has 1 aliphatic rings. The van der Waals surface area contributed by atoms with Crippen molar-refractivity contribution in [1.82, 2.24) is 5.32 Å². The molecule has 2 aromatic carbocycles. The fourth-order valence-corrected chi connectivity index (χ4v) is 3.08. The number of carbonyl (C=O) groups is 1. The van der Waals surface area contributed by atoms with E-state index < -0.39 is 0 Å². The van der Waals surface area contributed by atoms with Gasteiger partial charge in [0.05, 0.1) is 38.2 Å². The van der Waals surface area contributed by atoms with Crippen LogP contribution in [0.4, 0.5) is 11.4 Å². The standard InChI is InChI=1S/C21H27N3O3/c1-26-18-8-6-17(7-9-18)10-11-22-16-21(25)23-19-4-2-3-5-20(19)24-12-14-27-15-13-24/h2-9,22H,10-16H2,1H3,(H,23,25). The summed E-state index contributed by atoms with van der Waals surface area (Å²) in [6, 6.07) is 15.9. The highest BCUT2D eigenvalue weighted by atomic mass is 16.5. The van der Waals surface area contributed by atoms with Crippen molar-refractivity contribution in [3.63, 3.8) is 0 Å². The van der Waals surface area contributed by atoms with Crippen LogP contribution in [-0.2, 0) is 16.0 Å². The topological polar surface area (TPSA) is 62.8 Å². The maximum absolute atomic E-state index is 12.3. The maximum Gasteiger partial charge on any atom is 0.238 e. The first-order valence-electron chi connectivity index (χ1n) is 9.31. The number of nitrogens with one attached hydrogen (secondary N) is 2. The quantitative estimate of drug-likeness (QED) is 0.699. The van der Waals surface area contributed by atoms with Gasteiger partial charge < -0.3 is 25.0 Å². The zero-order valence-corrected chi connectivity index (χ0v) is 15.7. The predicted octanol–water partition coefficient (Wildman–Crippen LogP) is 2.30. The lowest BCUT2D eigenvalue weighted by atomic mass is 10.1. The van der Waals surface area contributed by atoms with Gasteiger partial charge in [0.1, 0.15) is 5.75 Å². The van der Waals surface area contributed by atoms with Crippen molar-refractivity contribution >= 4 is 17.3 Å². The van der Waals surface area contributed by atoms with Crippen molar-refractivity contribution in [1.29, 1.82) is 0 Å². The first-order chi connectivity index (χ1) is 13.3. The molecule has 0 saturated carbocycles. The van der Waals surface area contributed by atoms with E-state index in [9.17, 15) is 4.79 Å². The van der Waals surface area contributed by atoms with Crippen molar-refractivity contribution in [3.05, 3.63) is 54.1 Å². The molecule has 1 heterocycles. The van der Waals surface area contributed by atoms with E-state index in [0.717, 1.165) is 56.4 Å². The van der Waals surface area contributed by atoms with E-state index in [0.29, 0.717) is 0 Å². The maximum atomic E-state index is 12.3. The lowest BCUT2D eigenvalue weighted by Gasteiger charge is -2.30. The van der Waals surface area contributed by atoms with Gasteiger partial charge in [0, 0.05) is 13.1 Å². The number of rotatable bonds is 8. The second-order valence-corrected chi connectivity index (χ2v) is 6.44. The first-order valence-corrected chi connectivity index (χ1v) is 9.31. The van der Waals surface area contributed by atoms with Crippen molar-refractivity contribution < 1.29 is 14.3 Å². The molecule has 1 saturated heterocycles. The van der Waals surface area contributed by atoms with Crippen LogP contribution < -0.4 is 20.3 Å². The highest BCUT2D eigenvalue weighted by Gasteiger charge is 2.15. The van der Waals surface area contributed by atoms with Gasteiger partial charge in [-0.25, -0.2) is 0 Å². The number of hydrogen-bond acceptors (Lipinski definition) is 5. The summed E-state index contributed by atoms with van der Waals surface area (Å²) in [5.41, 5.74) is 3.11. The van der Waals surface area contributed by atoms with E-state index >= 15 is 0 Å². The average molecular weight is 369 g/mol. The zero-order valence-electron chi connectivity index (χ0n) is 15.7. The Morgan fingerprint density at radius 1 is 1.11 bits per heavy atom. The third-order valence-electron chi connectivity index (χ3n) is 4.56. The molecule has 0 bridgehead atoms. The van der Waals surface area contributed by atoms with E-state index in [1.807, 2.05) is 48.5 Å². The molecule has 1 fully saturated rings. The second-order valence-electron chi connectivity index (χ2n) is 6.44. The van der Waals surface area contributed by atoms with Crippen LogP contribution in [0.15, 0.2) is 48.5 Å². The van der Waals surface area contributed by atoms with E-state index in [4.69, 9.17) is 9.47 Å². The average Bonchev–Trinajstić information content (AvgIpc) is 2.73. The van der Waals surface area contributed by atoms with Crippen LogP contribution in [0.1, 0.15) is 5.56 Å². The van der Waals surface area contributed by atoms with Crippen LogP contribution in [0.3, 0.4) is 0 Å². The molecule has 6 heteroatoms. The summed E-state index contributed by atoms with van der Waals surface area (Å²) < 4.78 is 10.6. The number of para-hydroxylation sites is 2. The molecule has 3 rings (SSSR count). The molecule has 0 aliphatic carbocycles. The minimum Gasteiger partial charge on any atom is -0.497 e. The zero-order chi connectivity index (χ0) is 18.9. The number of ether oxygens (including phenoxy) is 2. The molecule has 2 aromatic rings. The van der Waals surface area contributed by atoms with Crippen molar-refractivity contribution in [2.24, 2.45) is 0 Å². The SMILES string of the molecule is COc1ccc(CCNCC(=O)Nc2ccccc2N2CCOCC2)cc1. The number of morpholine rings is 1. The number of hydrogen-bond donors (Lipinski definition) is 2. The highest BCUT2D eigenvalue weighted by Crippen LogP contribution is 2.26. The number of nitrogens with zero attached hydrogens (tertiary/aromatic N) is 1. The predicted molar refractivity (Wildman–Crippen MR) is 108 cm³/mol. The summed E-state index contributed by atoms with van der Waals surface area (Å²) in [7, 11) is 1.66. The first kappa shape index (κ1) is 19.2. The normalized spacial score (nSPS) is 14.0. The number of carbonyl (C=O) groups excluding carboxylic acids is 1. The number of benzene rings is 2. The third kappa shape index (κ3) is 5.70. The van der Waals surface area contributed by atoms with Gasteiger partial charge in [-0.1, -0.05) is 24.3 Å². The van der Waals surface area contributed by atoms with Gasteiger partial charge >= 0.3 is 0 Å². The largest absolute Gasteiger partial charge is 0.497 e. The Hall–Kier alpha value is -2.57. The van der Waals surface area contributed by atoms with Crippen LogP contribution >= 0.6 is 0 Å². The second kappa shape index (κ2) is 9.94. The lowest BCUT2D eigenvalue weighted by molar-refractivity contribution is -0.115. The number of amides is 1. The van der Waals surface area contributed by atoms with Gasteiger partial charge in [-0.3, -0.25) is 4.79 Å². The molecule has 6 nitrogen and oxygen atoms in total. The van der Waals surface area contributed by atoms with Gasteiger partial charge in [0.25, 0.3) is 0 Å². The number of methoxy groups -OCH3 is 1. The molecule has 0 unspecified atom stereocenters. The van der Waals surface area contributed by atoms with Gasteiger partial charge in [-0.2, -0.15) is 0 Å². The third-order valence-corrected chi connectivity index (χ3v) is 4.56. The highest BCUT2D eigenvalue weighted by molar-refractivity contribution is 5.95. The van der Waals surface area contributed by atoms with Crippen LogP contribution in [0, 0.1) is 0 Å². The van der Waals surface area contributed by atoms with Crippen molar-refractivity contribution in [2.75, 3.05) is 56.7 Å². The van der Waals surface area contributed by atoms with Crippen LogP contribution in [0.25, 0.3) is 0 Å². The van der Waals surface area contributed by atoms with Gasteiger partial charge in [0.2, 0.25) is 5.91 Å². The fraction of sp³-hybridized carbons (Fsp3) is 0.381. The summed E-state index contributed by atoms with van der Waals surface area (Å²) in [4.78, 5) is 14.6. The molecular formula is C21H27N3O3. The summed E-state index contributed by atoms with van der Waals surface area (Å²) in [5, 5.41) is 6.23. The smallest absolute Gasteiger partial charge is 0.238 e.